The molecule has 0 radical (unpaired) electrons. The molecule has 1 unspecified atom stereocenters. The van der Waals surface area contributed by atoms with Crippen LogP contribution in [0.4, 0.5) is 0 Å². The minimum atomic E-state index is -3.08. The summed E-state index contributed by atoms with van der Waals surface area (Å²) < 4.78 is 23.8. The van der Waals surface area contributed by atoms with E-state index >= 15 is 0 Å². The van der Waals surface area contributed by atoms with E-state index in [0.717, 1.165) is 11.1 Å². The van der Waals surface area contributed by atoms with Crippen LogP contribution in [0.5, 0.6) is 0 Å². The van der Waals surface area contributed by atoms with Crippen molar-refractivity contribution in [2.45, 2.75) is 25.4 Å². The minimum absolute atomic E-state index is 0.0208. The van der Waals surface area contributed by atoms with Gasteiger partial charge >= 0.3 is 0 Å². The van der Waals surface area contributed by atoms with Gasteiger partial charge in [-0.05, 0) is 41.8 Å². The molecule has 1 aliphatic rings. The van der Waals surface area contributed by atoms with Gasteiger partial charge in [-0.15, -0.1) is 0 Å². The number of hydrogen-bond donors (Lipinski definition) is 0. The molecule has 26 heavy (non-hydrogen) atoms. The maximum Gasteiger partial charge on any atom is 0.227 e. The van der Waals surface area contributed by atoms with Gasteiger partial charge in [0.1, 0.15) is 0 Å². The van der Waals surface area contributed by atoms with Crippen molar-refractivity contribution >= 4 is 38.9 Å². The highest BCUT2D eigenvalue weighted by molar-refractivity contribution is 7.91. The van der Waals surface area contributed by atoms with Crippen molar-refractivity contribution < 1.29 is 13.2 Å². The lowest BCUT2D eigenvalue weighted by Crippen LogP contribution is -2.41. The van der Waals surface area contributed by atoms with Crippen molar-refractivity contribution in [3.63, 3.8) is 0 Å². The van der Waals surface area contributed by atoms with Gasteiger partial charge in [0.2, 0.25) is 5.91 Å². The Labute approximate surface area is 163 Å². The molecule has 3 rings (SSSR count). The molecule has 1 fully saturated rings. The molecule has 1 amide bonds. The molecule has 1 aliphatic heterocycles. The highest BCUT2D eigenvalue weighted by Crippen LogP contribution is 2.22. The number of halogens is 2. The standard InChI is InChI=1S/C19H19Cl2NO3S/c20-16-5-1-14(2-6-16)11-19(23)22(18-9-10-26(24,25)13-18)12-15-3-7-17(21)8-4-15/h1-8,18H,9-13H2. The Morgan fingerprint density at radius 2 is 1.50 bits per heavy atom. The van der Waals surface area contributed by atoms with Gasteiger partial charge in [0, 0.05) is 22.6 Å². The summed E-state index contributed by atoms with van der Waals surface area (Å²) in [6.45, 7) is 0.365. The van der Waals surface area contributed by atoms with Crippen LogP contribution in [0.25, 0.3) is 0 Å². The van der Waals surface area contributed by atoms with E-state index in [2.05, 4.69) is 0 Å². The van der Waals surface area contributed by atoms with Crippen molar-refractivity contribution in [1.29, 1.82) is 0 Å². The number of amides is 1. The van der Waals surface area contributed by atoms with Crippen LogP contribution in [0.15, 0.2) is 48.5 Å². The molecule has 1 saturated heterocycles. The third kappa shape index (κ3) is 5.00. The van der Waals surface area contributed by atoms with Crippen molar-refractivity contribution in [2.24, 2.45) is 0 Å². The number of benzene rings is 2. The molecule has 0 spiro atoms. The second-order valence-corrected chi connectivity index (χ2v) is 9.61. The molecule has 0 aromatic heterocycles. The second-order valence-electron chi connectivity index (χ2n) is 6.51. The summed E-state index contributed by atoms with van der Waals surface area (Å²) >= 11 is 11.8. The Balaban J connectivity index is 1.80. The fourth-order valence-corrected chi connectivity index (χ4v) is 5.09. The Hall–Kier alpha value is -1.56. The zero-order valence-electron chi connectivity index (χ0n) is 14.1. The molecule has 1 heterocycles. The lowest BCUT2D eigenvalue weighted by molar-refractivity contribution is -0.133. The van der Waals surface area contributed by atoms with Crippen molar-refractivity contribution in [3.05, 3.63) is 69.7 Å². The van der Waals surface area contributed by atoms with Crippen LogP contribution in [0.1, 0.15) is 17.5 Å². The highest BCUT2D eigenvalue weighted by Gasteiger charge is 2.34. The zero-order chi connectivity index (χ0) is 18.7. The highest BCUT2D eigenvalue weighted by atomic mass is 35.5. The zero-order valence-corrected chi connectivity index (χ0v) is 16.4. The minimum Gasteiger partial charge on any atom is -0.334 e. The van der Waals surface area contributed by atoms with E-state index < -0.39 is 9.84 Å². The number of carbonyl (C=O) groups excluding carboxylic acids is 1. The lowest BCUT2D eigenvalue weighted by Gasteiger charge is -2.28. The molecule has 138 valence electrons. The van der Waals surface area contributed by atoms with E-state index in [1.54, 1.807) is 29.2 Å². The van der Waals surface area contributed by atoms with E-state index in [4.69, 9.17) is 23.2 Å². The summed E-state index contributed by atoms with van der Waals surface area (Å²) in [5.74, 6) is 0.0556. The van der Waals surface area contributed by atoms with Crippen molar-refractivity contribution in [3.8, 4) is 0 Å². The van der Waals surface area contributed by atoms with Crippen LogP contribution in [0, 0.1) is 0 Å². The number of sulfone groups is 1. The van der Waals surface area contributed by atoms with E-state index in [1.807, 2.05) is 24.3 Å². The third-order valence-corrected chi connectivity index (χ3v) is 6.76. The van der Waals surface area contributed by atoms with Crippen LogP contribution in [-0.4, -0.2) is 36.8 Å². The molecule has 0 bridgehead atoms. The van der Waals surface area contributed by atoms with Crippen LogP contribution in [0.3, 0.4) is 0 Å². The van der Waals surface area contributed by atoms with Crippen LogP contribution in [-0.2, 0) is 27.6 Å². The predicted octanol–water partition coefficient (Wildman–Crippen LogP) is 3.75. The monoisotopic (exact) mass is 411 g/mol. The van der Waals surface area contributed by atoms with E-state index in [0.29, 0.717) is 23.0 Å². The normalized spacial score (nSPS) is 18.6. The first-order chi connectivity index (χ1) is 12.3. The molecule has 1 atom stereocenters. The first-order valence-corrected chi connectivity index (χ1v) is 10.9. The Morgan fingerprint density at radius 3 is 2.00 bits per heavy atom. The van der Waals surface area contributed by atoms with E-state index in [9.17, 15) is 13.2 Å². The van der Waals surface area contributed by atoms with Gasteiger partial charge in [-0.2, -0.15) is 0 Å². The Morgan fingerprint density at radius 1 is 0.962 bits per heavy atom. The summed E-state index contributed by atoms with van der Waals surface area (Å²) in [4.78, 5) is 14.6. The molecule has 2 aromatic carbocycles. The summed E-state index contributed by atoms with van der Waals surface area (Å²) in [6.07, 6.45) is 0.684. The molecule has 0 aliphatic carbocycles. The van der Waals surface area contributed by atoms with Crippen molar-refractivity contribution in [2.75, 3.05) is 11.5 Å². The van der Waals surface area contributed by atoms with Crippen LogP contribution < -0.4 is 0 Å². The molecule has 2 aromatic rings. The number of rotatable bonds is 5. The van der Waals surface area contributed by atoms with Crippen molar-refractivity contribution in [1.82, 2.24) is 4.90 Å². The van der Waals surface area contributed by atoms with Crippen LogP contribution >= 0.6 is 23.2 Å². The molecule has 0 saturated carbocycles. The number of nitrogens with zero attached hydrogens (tertiary/aromatic N) is 1. The first-order valence-electron chi connectivity index (χ1n) is 8.31. The summed E-state index contributed by atoms with van der Waals surface area (Å²) in [5, 5.41) is 1.23. The van der Waals surface area contributed by atoms with E-state index in [-0.39, 0.29) is 29.9 Å². The average molecular weight is 412 g/mol. The summed E-state index contributed by atoms with van der Waals surface area (Å²) in [6, 6.07) is 14.1. The Bertz CT molecular complexity index is 880. The average Bonchev–Trinajstić information content (AvgIpc) is 2.96. The number of carbonyl (C=O) groups is 1. The fraction of sp³-hybridized carbons (Fsp3) is 0.316. The summed E-state index contributed by atoms with van der Waals surface area (Å²) in [5.41, 5.74) is 1.77. The maximum absolute atomic E-state index is 12.9. The topological polar surface area (TPSA) is 54.5 Å². The maximum atomic E-state index is 12.9. The predicted molar refractivity (Wildman–Crippen MR) is 104 cm³/mol. The van der Waals surface area contributed by atoms with Gasteiger partial charge in [0.25, 0.3) is 0 Å². The SMILES string of the molecule is O=C(Cc1ccc(Cl)cc1)N(Cc1ccc(Cl)cc1)C1CCS(=O)(=O)C1. The van der Waals surface area contributed by atoms with Gasteiger partial charge in [-0.3, -0.25) is 4.79 Å². The van der Waals surface area contributed by atoms with Gasteiger partial charge in [-0.25, -0.2) is 8.42 Å². The molecular weight excluding hydrogens is 393 g/mol. The molecule has 4 nitrogen and oxygen atoms in total. The molecule has 0 N–H and O–H groups in total. The molecule has 7 heteroatoms. The largest absolute Gasteiger partial charge is 0.334 e. The smallest absolute Gasteiger partial charge is 0.227 e. The van der Waals surface area contributed by atoms with E-state index in [1.165, 1.54) is 0 Å². The summed E-state index contributed by atoms with van der Waals surface area (Å²) in [7, 11) is -3.08. The third-order valence-electron chi connectivity index (χ3n) is 4.50. The Kier molecular flexibility index (Phi) is 5.90. The second kappa shape index (κ2) is 7.99. The van der Waals surface area contributed by atoms with Gasteiger partial charge in [0.05, 0.1) is 17.9 Å². The molecular formula is C19H19Cl2NO3S. The van der Waals surface area contributed by atoms with Gasteiger partial charge in [-0.1, -0.05) is 47.5 Å². The van der Waals surface area contributed by atoms with Gasteiger partial charge in [0.15, 0.2) is 9.84 Å². The number of hydrogen-bond acceptors (Lipinski definition) is 3. The van der Waals surface area contributed by atoms with Gasteiger partial charge < -0.3 is 4.90 Å². The van der Waals surface area contributed by atoms with Crippen LogP contribution in [0.2, 0.25) is 10.0 Å². The quantitative estimate of drug-likeness (QED) is 0.752. The lowest BCUT2D eigenvalue weighted by atomic mass is 10.1. The first kappa shape index (κ1) is 19.2. The fourth-order valence-electron chi connectivity index (χ4n) is 3.11.